The van der Waals surface area contributed by atoms with E-state index in [0.29, 0.717) is 28.4 Å². The van der Waals surface area contributed by atoms with Crippen LogP contribution in [-0.2, 0) is 26.2 Å². The van der Waals surface area contributed by atoms with Crippen molar-refractivity contribution in [2.75, 3.05) is 24.2 Å². The number of nitrogens with zero attached hydrogens (tertiary/aromatic N) is 2. The zero-order chi connectivity index (χ0) is 26.3. The molecule has 0 aromatic heterocycles. The zero-order valence-electron chi connectivity index (χ0n) is 21.0. The van der Waals surface area contributed by atoms with Gasteiger partial charge < -0.3 is 15.0 Å². The molecule has 8 nitrogen and oxygen atoms in total. The number of carbonyl (C=O) groups excluding carboxylic acids is 2. The van der Waals surface area contributed by atoms with Crippen molar-refractivity contribution in [2.45, 2.75) is 52.7 Å². The number of hydrogen-bond acceptors (Lipinski definition) is 5. The largest absolute Gasteiger partial charge is 0.497 e. The first-order valence-corrected chi connectivity index (χ1v) is 13.6. The van der Waals surface area contributed by atoms with Crippen molar-refractivity contribution in [1.29, 1.82) is 0 Å². The van der Waals surface area contributed by atoms with Gasteiger partial charge in [0.05, 0.1) is 19.1 Å². The zero-order valence-corrected chi connectivity index (χ0v) is 22.6. The van der Waals surface area contributed by atoms with Crippen molar-refractivity contribution in [1.82, 2.24) is 10.2 Å². The number of nitrogens with one attached hydrogen (secondary N) is 1. The molecule has 192 valence electrons. The maximum absolute atomic E-state index is 13.7. The van der Waals surface area contributed by atoms with Gasteiger partial charge in [0.15, 0.2) is 0 Å². The molecule has 0 spiro atoms. The molecule has 0 saturated carbocycles. The second-order valence-electron chi connectivity index (χ2n) is 8.61. The predicted octanol–water partition coefficient (Wildman–Crippen LogP) is 3.76. The van der Waals surface area contributed by atoms with E-state index in [1.807, 2.05) is 26.8 Å². The van der Waals surface area contributed by atoms with Gasteiger partial charge in [0.2, 0.25) is 21.8 Å². The van der Waals surface area contributed by atoms with Crippen LogP contribution >= 0.6 is 11.6 Å². The minimum atomic E-state index is -3.83. The molecule has 0 bridgehead atoms. The molecule has 1 N–H and O–H groups in total. The van der Waals surface area contributed by atoms with E-state index in [1.165, 1.54) is 4.90 Å². The number of carbonyl (C=O) groups is 2. The summed E-state index contributed by atoms with van der Waals surface area (Å²) < 4.78 is 31.8. The smallest absolute Gasteiger partial charge is 0.244 e. The van der Waals surface area contributed by atoms with Crippen LogP contribution in [0.4, 0.5) is 5.69 Å². The van der Waals surface area contributed by atoms with Crippen molar-refractivity contribution >= 4 is 39.1 Å². The lowest BCUT2D eigenvalue weighted by Gasteiger charge is -2.33. The minimum Gasteiger partial charge on any atom is -0.497 e. The average Bonchev–Trinajstić information content (AvgIpc) is 2.78. The predicted molar refractivity (Wildman–Crippen MR) is 139 cm³/mol. The molecule has 0 saturated heterocycles. The van der Waals surface area contributed by atoms with Crippen LogP contribution in [0, 0.1) is 6.92 Å². The molecule has 2 amide bonds. The van der Waals surface area contributed by atoms with Gasteiger partial charge in [-0.15, -0.1) is 0 Å². The molecule has 1 atom stereocenters. The first-order chi connectivity index (χ1) is 16.4. The van der Waals surface area contributed by atoms with Crippen LogP contribution in [0.3, 0.4) is 0 Å². The average molecular weight is 524 g/mol. The van der Waals surface area contributed by atoms with Crippen molar-refractivity contribution < 1.29 is 22.7 Å². The highest BCUT2D eigenvalue weighted by molar-refractivity contribution is 7.92. The summed E-state index contributed by atoms with van der Waals surface area (Å²) in [6.07, 6.45) is 1.39. The SMILES string of the molecule is CC[C@H](C(=O)NC(C)C)N(Cc1cccc(OC)c1)C(=O)CN(c1cccc(Cl)c1C)S(C)(=O)=O. The van der Waals surface area contributed by atoms with Crippen molar-refractivity contribution in [3.05, 3.63) is 58.6 Å². The third kappa shape index (κ3) is 7.60. The van der Waals surface area contributed by atoms with Crippen LogP contribution in [0.2, 0.25) is 5.02 Å². The van der Waals surface area contributed by atoms with Gasteiger partial charge in [0.1, 0.15) is 18.3 Å². The van der Waals surface area contributed by atoms with E-state index in [1.54, 1.807) is 50.4 Å². The van der Waals surface area contributed by atoms with E-state index in [4.69, 9.17) is 16.3 Å². The van der Waals surface area contributed by atoms with Crippen molar-refractivity contribution in [3.63, 3.8) is 0 Å². The van der Waals surface area contributed by atoms with Gasteiger partial charge in [-0.2, -0.15) is 0 Å². The third-order valence-corrected chi connectivity index (χ3v) is 7.03. The number of methoxy groups -OCH3 is 1. The van der Waals surface area contributed by atoms with E-state index in [2.05, 4.69) is 5.32 Å². The van der Waals surface area contributed by atoms with Crippen LogP contribution in [-0.4, -0.2) is 57.1 Å². The Morgan fingerprint density at radius 3 is 2.37 bits per heavy atom. The maximum atomic E-state index is 13.7. The number of rotatable bonds is 11. The molecular weight excluding hydrogens is 490 g/mol. The van der Waals surface area contributed by atoms with Gasteiger partial charge in [-0.1, -0.05) is 36.7 Å². The number of anilines is 1. The normalized spacial score (nSPS) is 12.2. The lowest BCUT2D eigenvalue weighted by atomic mass is 10.1. The van der Waals surface area contributed by atoms with E-state index in [0.717, 1.165) is 16.1 Å². The highest BCUT2D eigenvalue weighted by atomic mass is 35.5. The molecule has 10 heteroatoms. The van der Waals surface area contributed by atoms with Gasteiger partial charge in [-0.05, 0) is 62.6 Å². The summed E-state index contributed by atoms with van der Waals surface area (Å²) in [5.41, 5.74) is 1.60. The summed E-state index contributed by atoms with van der Waals surface area (Å²) >= 11 is 6.22. The van der Waals surface area contributed by atoms with Gasteiger partial charge in [-0.3, -0.25) is 13.9 Å². The number of ether oxygens (including phenoxy) is 1. The van der Waals surface area contributed by atoms with E-state index in [-0.39, 0.29) is 18.5 Å². The van der Waals surface area contributed by atoms with Gasteiger partial charge in [0.25, 0.3) is 0 Å². The fourth-order valence-corrected chi connectivity index (χ4v) is 4.80. The van der Waals surface area contributed by atoms with Crippen LogP contribution in [0.15, 0.2) is 42.5 Å². The summed E-state index contributed by atoms with van der Waals surface area (Å²) in [6.45, 7) is 6.81. The summed E-state index contributed by atoms with van der Waals surface area (Å²) in [7, 11) is -2.29. The van der Waals surface area contributed by atoms with E-state index in [9.17, 15) is 18.0 Å². The molecule has 0 unspecified atom stereocenters. The van der Waals surface area contributed by atoms with Crippen LogP contribution in [0.5, 0.6) is 5.75 Å². The monoisotopic (exact) mass is 523 g/mol. The van der Waals surface area contributed by atoms with Crippen LogP contribution in [0.25, 0.3) is 0 Å². The molecule has 0 aliphatic rings. The fraction of sp³-hybridized carbons (Fsp3) is 0.440. The summed E-state index contributed by atoms with van der Waals surface area (Å²) in [5.74, 6) is -0.200. The molecule has 0 aliphatic carbocycles. The summed E-state index contributed by atoms with van der Waals surface area (Å²) in [6, 6.07) is 11.2. The third-order valence-electron chi connectivity index (χ3n) is 5.49. The fourth-order valence-electron chi connectivity index (χ4n) is 3.73. The molecule has 2 aromatic carbocycles. The minimum absolute atomic E-state index is 0.103. The Bertz CT molecular complexity index is 1150. The first kappa shape index (κ1) is 28.5. The molecular formula is C25H34ClN3O5S. The second-order valence-corrected chi connectivity index (χ2v) is 10.9. The first-order valence-electron chi connectivity index (χ1n) is 11.3. The lowest BCUT2D eigenvalue weighted by molar-refractivity contribution is -0.140. The molecule has 0 fully saturated rings. The van der Waals surface area contributed by atoms with Crippen molar-refractivity contribution in [2.24, 2.45) is 0 Å². The number of hydrogen-bond donors (Lipinski definition) is 1. The Hall–Kier alpha value is -2.78. The topological polar surface area (TPSA) is 96.0 Å². The Morgan fingerprint density at radius 2 is 1.80 bits per heavy atom. The number of benzene rings is 2. The second kappa shape index (κ2) is 12.3. The Kier molecular flexibility index (Phi) is 9.97. The highest BCUT2D eigenvalue weighted by Gasteiger charge is 2.32. The Morgan fingerprint density at radius 1 is 1.14 bits per heavy atom. The number of sulfonamides is 1. The molecule has 0 heterocycles. The van der Waals surface area contributed by atoms with Gasteiger partial charge >= 0.3 is 0 Å². The molecule has 35 heavy (non-hydrogen) atoms. The lowest BCUT2D eigenvalue weighted by Crippen LogP contribution is -2.53. The van der Waals surface area contributed by atoms with Gasteiger partial charge in [-0.25, -0.2) is 8.42 Å². The van der Waals surface area contributed by atoms with E-state index >= 15 is 0 Å². The quantitative estimate of drug-likeness (QED) is 0.484. The molecule has 0 radical (unpaired) electrons. The van der Waals surface area contributed by atoms with Crippen LogP contribution in [0.1, 0.15) is 38.3 Å². The number of amides is 2. The molecule has 2 rings (SSSR count). The standard InChI is InChI=1S/C25H34ClN3O5S/c1-7-22(25(31)27-17(2)3)28(15-19-10-8-11-20(14-19)34-5)24(30)16-29(35(6,32)33)23-13-9-12-21(26)18(23)4/h8-14,17,22H,7,15-16H2,1-6H3,(H,27,31)/t22-/m1/s1. The highest BCUT2D eigenvalue weighted by Crippen LogP contribution is 2.28. The van der Waals surface area contributed by atoms with Crippen LogP contribution < -0.4 is 14.4 Å². The Labute approximate surface area is 213 Å². The Balaban J connectivity index is 2.50. The number of halogens is 1. The maximum Gasteiger partial charge on any atom is 0.244 e. The molecule has 0 aliphatic heterocycles. The van der Waals surface area contributed by atoms with Gasteiger partial charge in [0, 0.05) is 17.6 Å². The van der Waals surface area contributed by atoms with E-state index < -0.39 is 28.5 Å². The van der Waals surface area contributed by atoms with Crippen molar-refractivity contribution in [3.8, 4) is 5.75 Å². The molecule has 2 aromatic rings. The summed E-state index contributed by atoms with van der Waals surface area (Å²) in [4.78, 5) is 28.1. The summed E-state index contributed by atoms with van der Waals surface area (Å²) in [5, 5.41) is 3.25.